The standard InChI is InChI=1S/C12H13NO2S/c1-7(14)9-4-5-11-10(6-9)13(3)12(15)8(2)16-11/h4-6,8H,1-3H3. The van der Waals surface area contributed by atoms with Crippen LogP contribution >= 0.6 is 11.8 Å². The van der Waals surface area contributed by atoms with Crippen LogP contribution < -0.4 is 4.90 Å². The molecule has 0 saturated carbocycles. The van der Waals surface area contributed by atoms with Gasteiger partial charge in [-0.1, -0.05) is 6.07 Å². The molecular formula is C12H13NO2S. The third kappa shape index (κ3) is 1.73. The quantitative estimate of drug-likeness (QED) is 0.701. The van der Waals surface area contributed by atoms with Crippen molar-refractivity contribution in [3.63, 3.8) is 0 Å². The van der Waals surface area contributed by atoms with E-state index in [1.807, 2.05) is 19.1 Å². The van der Waals surface area contributed by atoms with E-state index in [4.69, 9.17) is 0 Å². The maximum Gasteiger partial charge on any atom is 0.239 e. The van der Waals surface area contributed by atoms with Crippen molar-refractivity contribution >= 4 is 29.1 Å². The summed E-state index contributed by atoms with van der Waals surface area (Å²) in [6, 6.07) is 5.51. The highest BCUT2D eigenvalue weighted by Gasteiger charge is 2.28. The van der Waals surface area contributed by atoms with Crippen molar-refractivity contribution < 1.29 is 9.59 Å². The number of hydrogen-bond donors (Lipinski definition) is 0. The molecule has 16 heavy (non-hydrogen) atoms. The minimum atomic E-state index is -0.0549. The number of amides is 1. The van der Waals surface area contributed by atoms with Crippen LogP contribution in [0.4, 0.5) is 5.69 Å². The van der Waals surface area contributed by atoms with E-state index in [9.17, 15) is 9.59 Å². The van der Waals surface area contributed by atoms with Crippen LogP contribution in [0.1, 0.15) is 24.2 Å². The van der Waals surface area contributed by atoms with E-state index in [1.165, 1.54) is 6.92 Å². The van der Waals surface area contributed by atoms with E-state index in [0.29, 0.717) is 5.56 Å². The van der Waals surface area contributed by atoms with Crippen LogP contribution in [0.25, 0.3) is 0 Å². The van der Waals surface area contributed by atoms with Gasteiger partial charge >= 0.3 is 0 Å². The Labute approximate surface area is 98.8 Å². The summed E-state index contributed by atoms with van der Waals surface area (Å²) in [7, 11) is 1.75. The molecule has 1 amide bonds. The highest BCUT2D eigenvalue weighted by molar-refractivity contribution is 8.00. The van der Waals surface area contributed by atoms with E-state index < -0.39 is 0 Å². The van der Waals surface area contributed by atoms with E-state index in [-0.39, 0.29) is 16.9 Å². The molecule has 0 aliphatic carbocycles. The van der Waals surface area contributed by atoms with E-state index >= 15 is 0 Å². The maximum atomic E-state index is 11.8. The fourth-order valence-corrected chi connectivity index (χ4v) is 2.83. The highest BCUT2D eigenvalue weighted by atomic mass is 32.2. The van der Waals surface area contributed by atoms with Crippen molar-refractivity contribution in [1.29, 1.82) is 0 Å². The molecule has 1 unspecified atom stereocenters. The molecule has 0 bridgehead atoms. The molecule has 1 aromatic carbocycles. The van der Waals surface area contributed by atoms with Crippen LogP contribution in [0.2, 0.25) is 0 Å². The van der Waals surface area contributed by atoms with Gasteiger partial charge in [-0.25, -0.2) is 0 Å². The monoisotopic (exact) mass is 235 g/mol. The van der Waals surface area contributed by atoms with Crippen LogP contribution in [0.5, 0.6) is 0 Å². The van der Waals surface area contributed by atoms with Gasteiger partial charge in [0.25, 0.3) is 0 Å². The zero-order valence-corrected chi connectivity index (χ0v) is 10.3. The van der Waals surface area contributed by atoms with Crippen molar-refractivity contribution in [3.05, 3.63) is 23.8 Å². The topological polar surface area (TPSA) is 37.4 Å². The van der Waals surface area contributed by atoms with Crippen molar-refractivity contribution in [2.45, 2.75) is 24.0 Å². The van der Waals surface area contributed by atoms with Crippen molar-refractivity contribution in [2.24, 2.45) is 0 Å². The van der Waals surface area contributed by atoms with Gasteiger partial charge in [0.15, 0.2) is 5.78 Å². The molecule has 2 rings (SSSR count). The Morgan fingerprint density at radius 1 is 1.44 bits per heavy atom. The number of nitrogens with zero attached hydrogens (tertiary/aromatic N) is 1. The molecule has 84 valence electrons. The summed E-state index contributed by atoms with van der Waals surface area (Å²) in [6.07, 6.45) is 0. The molecule has 1 aliphatic rings. The SMILES string of the molecule is CC(=O)c1ccc2c(c1)N(C)C(=O)C(C)S2. The molecule has 0 fully saturated rings. The number of carbonyl (C=O) groups excluding carboxylic acids is 2. The van der Waals surface area contributed by atoms with Crippen LogP contribution in [-0.4, -0.2) is 24.0 Å². The van der Waals surface area contributed by atoms with Gasteiger partial charge in [0.1, 0.15) is 0 Å². The molecule has 3 nitrogen and oxygen atoms in total. The summed E-state index contributed by atoms with van der Waals surface area (Å²) >= 11 is 1.54. The summed E-state index contributed by atoms with van der Waals surface area (Å²) in [6.45, 7) is 3.42. The summed E-state index contributed by atoms with van der Waals surface area (Å²) in [5.74, 6) is 0.102. The molecule has 0 radical (unpaired) electrons. The smallest absolute Gasteiger partial charge is 0.239 e. The first-order valence-corrected chi connectivity index (χ1v) is 5.98. The predicted octanol–water partition coefficient (Wildman–Crippen LogP) is 2.35. The molecule has 1 heterocycles. The number of thioether (sulfide) groups is 1. The van der Waals surface area contributed by atoms with Crippen LogP contribution in [0, 0.1) is 0 Å². The lowest BCUT2D eigenvalue weighted by atomic mass is 10.1. The first-order chi connectivity index (χ1) is 7.50. The van der Waals surface area contributed by atoms with Gasteiger partial charge in [-0.05, 0) is 26.0 Å². The molecule has 1 aromatic rings. The molecule has 4 heteroatoms. The van der Waals surface area contributed by atoms with E-state index in [2.05, 4.69) is 0 Å². The Morgan fingerprint density at radius 2 is 2.12 bits per heavy atom. The number of ketones is 1. The van der Waals surface area contributed by atoms with Crippen molar-refractivity contribution in [2.75, 3.05) is 11.9 Å². The van der Waals surface area contributed by atoms with Crippen molar-refractivity contribution in [3.8, 4) is 0 Å². The van der Waals surface area contributed by atoms with Crippen LogP contribution in [0.3, 0.4) is 0 Å². The number of rotatable bonds is 1. The fraction of sp³-hybridized carbons (Fsp3) is 0.333. The summed E-state index contributed by atoms with van der Waals surface area (Å²) < 4.78 is 0. The Bertz CT molecular complexity index is 470. The van der Waals surface area contributed by atoms with Gasteiger partial charge in [0.05, 0.1) is 10.9 Å². The Kier molecular flexibility index (Phi) is 2.76. The van der Waals surface area contributed by atoms with Crippen LogP contribution in [0.15, 0.2) is 23.1 Å². The third-order valence-electron chi connectivity index (χ3n) is 2.71. The second-order valence-corrected chi connectivity index (χ2v) is 5.28. The third-order valence-corrected chi connectivity index (χ3v) is 3.86. The lowest BCUT2D eigenvalue weighted by molar-refractivity contribution is -0.117. The van der Waals surface area contributed by atoms with Gasteiger partial charge in [-0.2, -0.15) is 0 Å². The number of carbonyl (C=O) groups is 2. The maximum absolute atomic E-state index is 11.8. The molecule has 0 aromatic heterocycles. The van der Waals surface area contributed by atoms with Gasteiger partial charge < -0.3 is 4.90 Å². The predicted molar refractivity (Wildman–Crippen MR) is 65.2 cm³/mol. The lowest BCUT2D eigenvalue weighted by Crippen LogP contribution is -2.36. The lowest BCUT2D eigenvalue weighted by Gasteiger charge is -2.29. The molecule has 0 N–H and O–H groups in total. The van der Waals surface area contributed by atoms with Crippen LogP contribution in [-0.2, 0) is 4.79 Å². The number of anilines is 1. The average Bonchev–Trinajstić information content (AvgIpc) is 2.25. The first kappa shape index (κ1) is 11.2. The molecular weight excluding hydrogens is 222 g/mol. The molecule has 0 spiro atoms. The van der Waals surface area contributed by atoms with Gasteiger partial charge in [0.2, 0.25) is 5.91 Å². The van der Waals surface area contributed by atoms with Crippen molar-refractivity contribution in [1.82, 2.24) is 0 Å². The van der Waals surface area contributed by atoms with E-state index in [0.717, 1.165) is 10.6 Å². The minimum absolute atomic E-state index is 0.0206. The number of benzene rings is 1. The summed E-state index contributed by atoms with van der Waals surface area (Å²) in [4.78, 5) is 25.7. The zero-order valence-electron chi connectivity index (χ0n) is 9.48. The summed E-state index contributed by atoms with van der Waals surface area (Å²) in [5.41, 5.74) is 1.48. The minimum Gasteiger partial charge on any atom is -0.313 e. The molecule has 0 saturated heterocycles. The Hall–Kier alpha value is -1.29. The normalized spacial score (nSPS) is 19.6. The zero-order chi connectivity index (χ0) is 11.9. The van der Waals surface area contributed by atoms with Gasteiger partial charge in [0, 0.05) is 17.5 Å². The number of hydrogen-bond acceptors (Lipinski definition) is 3. The number of fused-ring (bicyclic) bond motifs is 1. The van der Waals surface area contributed by atoms with Gasteiger partial charge in [-0.3, -0.25) is 9.59 Å². The Morgan fingerprint density at radius 3 is 2.75 bits per heavy atom. The average molecular weight is 235 g/mol. The van der Waals surface area contributed by atoms with E-state index in [1.54, 1.807) is 29.8 Å². The highest BCUT2D eigenvalue weighted by Crippen LogP contribution is 2.38. The number of Topliss-reactive ketones (excluding diaryl/α,β-unsaturated/α-hetero) is 1. The summed E-state index contributed by atoms with van der Waals surface area (Å²) in [5, 5.41) is -0.0549. The second kappa shape index (κ2) is 3.94. The molecule has 1 aliphatic heterocycles. The largest absolute Gasteiger partial charge is 0.313 e. The first-order valence-electron chi connectivity index (χ1n) is 5.10. The molecule has 1 atom stereocenters. The van der Waals surface area contributed by atoms with Gasteiger partial charge in [-0.15, -0.1) is 11.8 Å². The fourth-order valence-electron chi connectivity index (χ4n) is 1.73. The second-order valence-electron chi connectivity index (χ2n) is 3.90. The Balaban J connectivity index is 2.50.